The number of nitrogens with one attached hydrogen (secondary N) is 2. The molecule has 0 spiro atoms. The zero-order chi connectivity index (χ0) is 21.6. The minimum Gasteiger partial charge on any atom is -0.481 e. The number of amides is 1. The number of aliphatic carboxylic acids is 1. The van der Waals surface area contributed by atoms with E-state index in [0.29, 0.717) is 29.9 Å². The summed E-state index contributed by atoms with van der Waals surface area (Å²) in [7, 11) is 0. The third-order valence-electron chi connectivity index (χ3n) is 5.55. The number of nitrogens with zero attached hydrogens (tertiary/aromatic N) is 1. The highest BCUT2D eigenvalue weighted by Gasteiger charge is 2.21. The van der Waals surface area contributed by atoms with Crippen molar-refractivity contribution in [2.24, 2.45) is 0 Å². The standard InChI is InChI=1S/C23H27N3O5/c27-21(6-2-1-5-17-9-7-15-4-3-11-24-23(15)25-17)26-18(13-22(28)29)16-8-10-19-20(12-16)31-14-30-19/h7-10,12,18H,1-6,11,13-14H2,(H,24,25)(H,26,27)(H,28,29). The van der Waals surface area contributed by atoms with Crippen LogP contribution in [0.15, 0.2) is 30.3 Å². The van der Waals surface area contributed by atoms with E-state index >= 15 is 0 Å². The lowest BCUT2D eigenvalue weighted by molar-refractivity contribution is -0.137. The molecule has 1 aromatic heterocycles. The Bertz CT molecular complexity index is 962. The first-order chi connectivity index (χ1) is 15.1. The third-order valence-corrected chi connectivity index (χ3v) is 5.55. The number of carboxylic acid groups (broad SMARTS) is 1. The number of aromatic nitrogens is 1. The van der Waals surface area contributed by atoms with Crippen LogP contribution in [0.5, 0.6) is 11.5 Å². The number of fused-ring (bicyclic) bond motifs is 2. The summed E-state index contributed by atoms with van der Waals surface area (Å²) in [6.45, 7) is 1.11. The minimum atomic E-state index is -0.977. The van der Waals surface area contributed by atoms with Gasteiger partial charge in [0, 0.05) is 18.7 Å². The fourth-order valence-electron chi connectivity index (χ4n) is 3.92. The van der Waals surface area contributed by atoms with Crippen LogP contribution >= 0.6 is 0 Å². The zero-order valence-corrected chi connectivity index (χ0v) is 17.4. The van der Waals surface area contributed by atoms with Crippen molar-refractivity contribution in [3.05, 3.63) is 47.2 Å². The molecule has 2 aliphatic rings. The number of carboxylic acids is 1. The first-order valence-electron chi connectivity index (χ1n) is 10.7. The number of hydrogen-bond donors (Lipinski definition) is 3. The van der Waals surface area contributed by atoms with Crippen LogP contribution in [-0.2, 0) is 22.4 Å². The maximum absolute atomic E-state index is 12.5. The average Bonchev–Trinajstić information content (AvgIpc) is 3.24. The first-order valence-corrected chi connectivity index (χ1v) is 10.7. The fraction of sp³-hybridized carbons (Fsp3) is 0.435. The summed E-state index contributed by atoms with van der Waals surface area (Å²) in [6.07, 6.45) is 4.70. The Hall–Kier alpha value is -3.29. The van der Waals surface area contributed by atoms with Gasteiger partial charge >= 0.3 is 5.97 Å². The van der Waals surface area contributed by atoms with Crippen molar-refractivity contribution in [2.45, 2.75) is 51.0 Å². The van der Waals surface area contributed by atoms with Gasteiger partial charge < -0.3 is 25.2 Å². The van der Waals surface area contributed by atoms with E-state index in [2.05, 4.69) is 27.8 Å². The Morgan fingerprint density at radius 2 is 2.03 bits per heavy atom. The lowest BCUT2D eigenvalue weighted by Crippen LogP contribution is -2.30. The minimum absolute atomic E-state index is 0.143. The van der Waals surface area contributed by atoms with Gasteiger partial charge in [-0.05, 0) is 61.4 Å². The zero-order valence-electron chi connectivity index (χ0n) is 17.4. The summed E-state index contributed by atoms with van der Waals surface area (Å²) in [5.41, 5.74) is 2.98. The van der Waals surface area contributed by atoms with Gasteiger partial charge in [0.2, 0.25) is 12.7 Å². The third kappa shape index (κ3) is 5.45. The van der Waals surface area contributed by atoms with Gasteiger partial charge in [0.05, 0.1) is 12.5 Å². The molecule has 4 rings (SSSR count). The normalized spacial score (nSPS) is 15.0. The van der Waals surface area contributed by atoms with Crippen molar-refractivity contribution < 1.29 is 24.2 Å². The maximum Gasteiger partial charge on any atom is 0.305 e. The van der Waals surface area contributed by atoms with Gasteiger partial charge in [0.1, 0.15) is 5.82 Å². The number of anilines is 1. The molecule has 0 saturated heterocycles. The van der Waals surface area contributed by atoms with E-state index in [1.165, 1.54) is 5.56 Å². The largest absolute Gasteiger partial charge is 0.481 e. The van der Waals surface area contributed by atoms with Crippen LogP contribution in [0.2, 0.25) is 0 Å². The van der Waals surface area contributed by atoms with E-state index in [0.717, 1.165) is 43.7 Å². The van der Waals surface area contributed by atoms with Crippen molar-refractivity contribution in [1.29, 1.82) is 0 Å². The molecule has 164 valence electrons. The van der Waals surface area contributed by atoms with Crippen molar-refractivity contribution in [3.63, 3.8) is 0 Å². The predicted molar refractivity (Wildman–Crippen MR) is 114 cm³/mol. The molecule has 3 heterocycles. The monoisotopic (exact) mass is 425 g/mol. The molecular weight excluding hydrogens is 398 g/mol. The molecule has 0 fully saturated rings. The van der Waals surface area contributed by atoms with Gasteiger partial charge in [0.15, 0.2) is 11.5 Å². The van der Waals surface area contributed by atoms with E-state index in [4.69, 9.17) is 9.47 Å². The Balaban J connectivity index is 1.27. The van der Waals surface area contributed by atoms with Crippen LogP contribution in [0.25, 0.3) is 0 Å². The first kappa shape index (κ1) is 21.0. The number of hydrogen-bond acceptors (Lipinski definition) is 6. The van der Waals surface area contributed by atoms with Gasteiger partial charge in [0.25, 0.3) is 0 Å². The Morgan fingerprint density at radius 1 is 1.16 bits per heavy atom. The summed E-state index contributed by atoms with van der Waals surface area (Å²) < 4.78 is 10.7. The average molecular weight is 425 g/mol. The number of benzene rings is 1. The molecule has 1 amide bonds. The number of unbranched alkanes of at least 4 members (excludes halogenated alkanes) is 1. The number of carbonyl (C=O) groups is 2. The van der Waals surface area contributed by atoms with Crippen molar-refractivity contribution in [3.8, 4) is 11.5 Å². The molecule has 1 aromatic carbocycles. The Kier molecular flexibility index (Phi) is 6.54. The number of aryl methyl sites for hydroxylation is 2. The summed E-state index contributed by atoms with van der Waals surface area (Å²) in [5.74, 6) is 1.03. The second-order valence-corrected chi connectivity index (χ2v) is 7.88. The van der Waals surface area contributed by atoms with Crippen molar-refractivity contribution in [2.75, 3.05) is 18.7 Å². The summed E-state index contributed by atoms with van der Waals surface area (Å²) in [4.78, 5) is 28.4. The van der Waals surface area contributed by atoms with E-state index in [1.807, 2.05) is 0 Å². The topological polar surface area (TPSA) is 110 Å². The highest BCUT2D eigenvalue weighted by Crippen LogP contribution is 2.34. The second kappa shape index (κ2) is 9.68. The SMILES string of the molecule is O=C(O)CC(NC(=O)CCCCc1ccc2c(n1)NCCC2)c1ccc2c(c1)OCO2. The van der Waals surface area contributed by atoms with Crippen LogP contribution < -0.4 is 20.1 Å². The van der Waals surface area contributed by atoms with Crippen LogP contribution in [0.3, 0.4) is 0 Å². The molecule has 1 unspecified atom stereocenters. The second-order valence-electron chi connectivity index (χ2n) is 7.88. The Morgan fingerprint density at radius 3 is 2.90 bits per heavy atom. The van der Waals surface area contributed by atoms with Gasteiger partial charge in [-0.2, -0.15) is 0 Å². The summed E-state index contributed by atoms with van der Waals surface area (Å²) in [6, 6.07) is 8.81. The van der Waals surface area contributed by atoms with Crippen LogP contribution in [0.4, 0.5) is 5.82 Å². The van der Waals surface area contributed by atoms with Crippen molar-refractivity contribution >= 4 is 17.7 Å². The van der Waals surface area contributed by atoms with E-state index in [1.54, 1.807) is 18.2 Å². The van der Waals surface area contributed by atoms with E-state index in [9.17, 15) is 14.7 Å². The summed E-state index contributed by atoms with van der Waals surface area (Å²) >= 11 is 0. The van der Waals surface area contributed by atoms with E-state index < -0.39 is 12.0 Å². The predicted octanol–water partition coefficient (Wildman–Crippen LogP) is 3.21. The lowest BCUT2D eigenvalue weighted by Gasteiger charge is -2.18. The molecule has 1 atom stereocenters. The molecule has 8 nitrogen and oxygen atoms in total. The molecule has 8 heteroatoms. The summed E-state index contributed by atoms with van der Waals surface area (Å²) in [5, 5.41) is 15.5. The molecule has 31 heavy (non-hydrogen) atoms. The number of carbonyl (C=O) groups excluding carboxylic acids is 1. The molecule has 2 aromatic rings. The highest BCUT2D eigenvalue weighted by molar-refractivity contribution is 5.77. The Labute approximate surface area is 181 Å². The van der Waals surface area contributed by atoms with Crippen LogP contribution in [0, 0.1) is 0 Å². The van der Waals surface area contributed by atoms with E-state index in [-0.39, 0.29) is 19.1 Å². The van der Waals surface area contributed by atoms with Gasteiger partial charge in [-0.3, -0.25) is 9.59 Å². The van der Waals surface area contributed by atoms with Crippen LogP contribution in [0.1, 0.15) is 55.0 Å². The van der Waals surface area contributed by atoms with Crippen LogP contribution in [-0.4, -0.2) is 35.3 Å². The molecule has 0 bridgehead atoms. The quantitative estimate of drug-likeness (QED) is 0.529. The molecule has 0 saturated carbocycles. The molecule has 2 aliphatic heterocycles. The molecule has 0 aliphatic carbocycles. The highest BCUT2D eigenvalue weighted by atomic mass is 16.7. The molecule has 0 radical (unpaired) electrons. The lowest BCUT2D eigenvalue weighted by atomic mass is 10.0. The molecular formula is C23H27N3O5. The van der Waals surface area contributed by atoms with Crippen molar-refractivity contribution in [1.82, 2.24) is 10.3 Å². The number of rotatable bonds is 9. The fourth-order valence-corrected chi connectivity index (χ4v) is 3.92. The smallest absolute Gasteiger partial charge is 0.305 e. The molecule has 3 N–H and O–H groups in total. The van der Waals surface area contributed by atoms with Gasteiger partial charge in [-0.15, -0.1) is 0 Å². The maximum atomic E-state index is 12.5. The van der Waals surface area contributed by atoms with Gasteiger partial charge in [-0.25, -0.2) is 4.98 Å². The number of pyridine rings is 1. The number of ether oxygens (including phenoxy) is 2. The van der Waals surface area contributed by atoms with Gasteiger partial charge in [-0.1, -0.05) is 12.1 Å².